The summed E-state index contributed by atoms with van der Waals surface area (Å²) in [7, 11) is 0. The molecule has 0 spiro atoms. The Balaban J connectivity index is 1.71. The van der Waals surface area contributed by atoms with E-state index in [1.54, 1.807) is 42.5 Å². The Morgan fingerprint density at radius 3 is 2.63 bits per heavy atom. The molecule has 2 aromatic carbocycles. The fraction of sp³-hybridized carbons (Fsp3) is 0.0556. The van der Waals surface area contributed by atoms with Gasteiger partial charge in [0.05, 0.1) is 16.4 Å². The Kier molecular flexibility index (Phi) is 5.58. The van der Waals surface area contributed by atoms with E-state index in [1.807, 2.05) is 0 Å². The van der Waals surface area contributed by atoms with E-state index in [2.05, 4.69) is 32.7 Å². The molecule has 9 heteroatoms. The Morgan fingerprint density at radius 2 is 1.96 bits per heavy atom. The molecule has 8 nitrogen and oxygen atoms in total. The predicted octanol–water partition coefficient (Wildman–Crippen LogP) is 2.37. The van der Waals surface area contributed by atoms with E-state index < -0.39 is 0 Å². The van der Waals surface area contributed by atoms with Crippen LogP contribution in [0.2, 0.25) is 5.02 Å². The molecular weight excluding hydrogens is 368 g/mol. The zero-order chi connectivity index (χ0) is 19.2. The Hall–Kier alpha value is -3.52. The lowest BCUT2D eigenvalue weighted by Crippen LogP contribution is -2.20. The number of halogens is 1. The van der Waals surface area contributed by atoms with Crippen molar-refractivity contribution < 1.29 is 9.59 Å². The minimum absolute atomic E-state index is 0.256. The maximum absolute atomic E-state index is 12.5. The van der Waals surface area contributed by atoms with Gasteiger partial charge in [-0.15, -0.1) is 5.10 Å². The molecule has 0 saturated carbocycles. The first-order valence-corrected chi connectivity index (χ1v) is 8.28. The summed E-state index contributed by atoms with van der Waals surface area (Å²) >= 11 is 6.18. The molecule has 1 aromatic heterocycles. The molecule has 3 aromatic rings. The van der Waals surface area contributed by atoms with Crippen molar-refractivity contribution in [1.29, 1.82) is 0 Å². The van der Waals surface area contributed by atoms with E-state index in [0.29, 0.717) is 28.5 Å². The van der Waals surface area contributed by atoms with Crippen molar-refractivity contribution in [2.75, 3.05) is 5.32 Å². The lowest BCUT2D eigenvalue weighted by Gasteiger charge is -2.10. The molecule has 0 saturated heterocycles. The Labute approximate surface area is 159 Å². The molecule has 2 amide bonds. The van der Waals surface area contributed by atoms with E-state index in [-0.39, 0.29) is 11.8 Å². The van der Waals surface area contributed by atoms with Crippen molar-refractivity contribution in [2.24, 2.45) is 0 Å². The highest BCUT2D eigenvalue weighted by atomic mass is 35.5. The van der Waals surface area contributed by atoms with Gasteiger partial charge < -0.3 is 10.6 Å². The smallest absolute Gasteiger partial charge is 0.255 e. The molecule has 0 aliphatic carbocycles. The van der Waals surface area contributed by atoms with Gasteiger partial charge in [-0.2, -0.15) is 0 Å². The van der Waals surface area contributed by atoms with Gasteiger partial charge in [-0.3, -0.25) is 9.59 Å². The Morgan fingerprint density at radius 1 is 1.19 bits per heavy atom. The van der Waals surface area contributed by atoms with Gasteiger partial charge in [0.1, 0.15) is 6.33 Å². The lowest BCUT2D eigenvalue weighted by molar-refractivity contribution is -0.116. The standard InChI is InChI=1S/C18H15ClN6O2/c1-2-17(26)20-10-12-3-5-13(6-4-12)18(27)22-16-9-14(7-8-15(16)19)25-11-21-23-24-25/h2-9,11H,1,10H2,(H,20,26)(H,22,27). The summed E-state index contributed by atoms with van der Waals surface area (Å²) in [6.45, 7) is 3.75. The van der Waals surface area contributed by atoms with Crippen molar-refractivity contribution in [3.63, 3.8) is 0 Å². The van der Waals surface area contributed by atoms with E-state index in [0.717, 1.165) is 5.56 Å². The zero-order valence-corrected chi connectivity index (χ0v) is 14.8. The van der Waals surface area contributed by atoms with Gasteiger partial charge in [0.15, 0.2) is 0 Å². The SMILES string of the molecule is C=CC(=O)NCc1ccc(C(=O)Nc2cc(-n3cnnn3)ccc2Cl)cc1. The van der Waals surface area contributed by atoms with Crippen LogP contribution in [0.3, 0.4) is 0 Å². The highest BCUT2D eigenvalue weighted by molar-refractivity contribution is 6.34. The average molecular weight is 383 g/mol. The fourth-order valence-corrected chi connectivity index (χ4v) is 2.43. The molecule has 0 bridgehead atoms. The van der Waals surface area contributed by atoms with Crippen LogP contribution >= 0.6 is 11.6 Å². The monoisotopic (exact) mass is 382 g/mol. The number of nitrogens with one attached hydrogen (secondary N) is 2. The molecule has 27 heavy (non-hydrogen) atoms. The van der Waals surface area contributed by atoms with E-state index in [1.165, 1.54) is 17.1 Å². The van der Waals surface area contributed by atoms with Crippen LogP contribution in [0, 0.1) is 0 Å². The number of aromatic nitrogens is 4. The largest absolute Gasteiger partial charge is 0.348 e. The van der Waals surface area contributed by atoms with Crippen LogP contribution in [0.4, 0.5) is 5.69 Å². The van der Waals surface area contributed by atoms with Crippen molar-refractivity contribution in [3.8, 4) is 5.69 Å². The van der Waals surface area contributed by atoms with E-state index in [4.69, 9.17) is 11.6 Å². The fourth-order valence-electron chi connectivity index (χ4n) is 2.26. The summed E-state index contributed by atoms with van der Waals surface area (Å²) in [6, 6.07) is 11.9. The molecule has 136 valence electrons. The van der Waals surface area contributed by atoms with Crippen LogP contribution in [-0.2, 0) is 11.3 Å². The number of carbonyl (C=O) groups excluding carboxylic acids is 2. The minimum atomic E-state index is -0.313. The van der Waals surface area contributed by atoms with E-state index in [9.17, 15) is 9.59 Å². The molecule has 2 N–H and O–H groups in total. The summed E-state index contributed by atoms with van der Waals surface area (Å²) in [5.41, 5.74) is 2.42. The van der Waals surface area contributed by atoms with Gasteiger partial charge >= 0.3 is 0 Å². The number of hydrogen-bond acceptors (Lipinski definition) is 5. The number of rotatable bonds is 6. The van der Waals surface area contributed by atoms with Gasteiger partial charge in [0.2, 0.25) is 5.91 Å². The summed E-state index contributed by atoms with van der Waals surface area (Å²) in [4.78, 5) is 23.7. The normalized spacial score (nSPS) is 10.3. The van der Waals surface area contributed by atoms with Crippen molar-refractivity contribution in [3.05, 3.63) is 77.6 Å². The van der Waals surface area contributed by atoms with Crippen LogP contribution in [0.25, 0.3) is 5.69 Å². The molecule has 1 heterocycles. The number of tetrazole rings is 1. The number of carbonyl (C=O) groups is 2. The third kappa shape index (κ3) is 4.56. The molecule has 0 fully saturated rings. The molecule has 0 radical (unpaired) electrons. The first kappa shape index (κ1) is 18.3. The highest BCUT2D eigenvalue weighted by Crippen LogP contribution is 2.25. The van der Waals surface area contributed by atoms with Crippen molar-refractivity contribution >= 4 is 29.1 Å². The van der Waals surface area contributed by atoms with Crippen LogP contribution in [0.15, 0.2) is 61.4 Å². The number of nitrogens with zero attached hydrogens (tertiary/aromatic N) is 4. The quantitative estimate of drug-likeness (QED) is 0.637. The van der Waals surface area contributed by atoms with Gasteiger partial charge in [-0.1, -0.05) is 30.3 Å². The predicted molar refractivity (Wildman–Crippen MR) is 101 cm³/mol. The summed E-state index contributed by atoms with van der Waals surface area (Å²) in [6.07, 6.45) is 2.65. The number of benzene rings is 2. The van der Waals surface area contributed by atoms with Crippen LogP contribution in [-0.4, -0.2) is 32.0 Å². The molecule has 0 atom stereocenters. The first-order chi connectivity index (χ1) is 13.1. The third-order valence-corrected chi connectivity index (χ3v) is 4.01. The summed E-state index contributed by atoms with van der Waals surface area (Å²) in [5.74, 6) is -0.568. The molecule has 0 aliphatic rings. The number of anilines is 1. The van der Waals surface area contributed by atoms with Crippen LogP contribution < -0.4 is 10.6 Å². The maximum atomic E-state index is 12.5. The van der Waals surface area contributed by atoms with Gasteiger partial charge in [-0.05, 0) is 52.4 Å². The van der Waals surface area contributed by atoms with Gasteiger partial charge in [0, 0.05) is 12.1 Å². The van der Waals surface area contributed by atoms with Gasteiger partial charge in [-0.25, -0.2) is 4.68 Å². The topological polar surface area (TPSA) is 102 Å². The number of hydrogen-bond donors (Lipinski definition) is 2. The molecular formula is C18H15ClN6O2. The Bertz CT molecular complexity index is 970. The second-order valence-corrected chi connectivity index (χ2v) is 5.90. The first-order valence-electron chi connectivity index (χ1n) is 7.90. The molecule has 0 unspecified atom stereocenters. The summed E-state index contributed by atoms with van der Waals surface area (Å²) in [5, 5.41) is 16.8. The van der Waals surface area contributed by atoms with Crippen LogP contribution in [0.1, 0.15) is 15.9 Å². The average Bonchev–Trinajstić information content (AvgIpc) is 3.23. The molecule has 3 rings (SSSR count). The maximum Gasteiger partial charge on any atom is 0.255 e. The number of amides is 2. The molecule has 0 aliphatic heterocycles. The second-order valence-electron chi connectivity index (χ2n) is 5.49. The zero-order valence-electron chi connectivity index (χ0n) is 14.1. The van der Waals surface area contributed by atoms with Crippen molar-refractivity contribution in [2.45, 2.75) is 6.54 Å². The van der Waals surface area contributed by atoms with Crippen molar-refractivity contribution in [1.82, 2.24) is 25.5 Å². The minimum Gasteiger partial charge on any atom is -0.348 e. The third-order valence-electron chi connectivity index (χ3n) is 3.68. The highest BCUT2D eigenvalue weighted by Gasteiger charge is 2.10. The summed E-state index contributed by atoms with van der Waals surface area (Å²) < 4.78 is 1.46. The lowest BCUT2D eigenvalue weighted by atomic mass is 10.1. The van der Waals surface area contributed by atoms with Crippen LogP contribution in [0.5, 0.6) is 0 Å². The second kappa shape index (κ2) is 8.24. The van der Waals surface area contributed by atoms with E-state index >= 15 is 0 Å². The van der Waals surface area contributed by atoms with Gasteiger partial charge in [0.25, 0.3) is 5.91 Å².